The molecule has 2 aliphatic heterocycles. The van der Waals surface area contributed by atoms with Crippen molar-refractivity contribution in [3.05, 3.63) is 27.9 Å². The van der Waals surface area contributed by atoms with E-state index in [4.69, 9.17) is 4.74 Å². The highest BCUT2D eigenvalue weighted by molar-refractivity contribution is 7.88. The zero-order valence-electron chi connectivity index (χ0n) is 14.1. The van der Waals surface area contributed by atoms with Crippen LogP contribution >= 0.6 is 0 Å². The molecule has 1 unspecified atom stereocenters. The van der Waals surface area contributed by atoms with E-state index < -0.39 is 10.0 Å². The standard InChI is InChI=1S/C15H24N4O4S/c1-11-16-13(9-15(20)17-11)14-10-18(7-8-23-14)12-3-5-19(6-4-12)24(2,21)22/h9,12,14H,3-8,10H2,1-2H3,(H,16,17,20). The van der Waals surface area contributed by atoms with E-state index in [9.17, 15) is 13.2 Å². The molecule has 0 aliphatic carbocycles. The smallest absolute Gasteiger partial charge is 0.251 e. The monoisotopic (exact) mass is 356 g/mol. The van der Waals surface area contributed by atoms with Crippen molar-refractivity contribution in [3.63, 3.8) is 0 Å². The van der Waals surface area contributed by atoms with Gasteiger partial charge in [0.2, 0.25) is 10.0 Å². The minimum atomic E-state index is -3.10. The zero-order valence-corrected chi connectivity index (χ0v) is 14.9. The van der Waals surface area contributed by atoms with Crippen molar-refractivity contribution in [2.45, 2.75) is 31.9 Å². The van der Waals surface area contributed by atoms with Crippen molar-refractivity contribution in [1.29, 1.82) is 0 Å². The fourth-order valence-corrected chi connectivity index (χ4v) is 4.36. The Hall–Kier alpha value is -1.29. The molecule has 0 aromatic carbocycles. The molecule has 3 heterocycles. The van der Waals surface area contributed by atoms with Gasteiger partial charge >= 0.3 is 0 Å². The Morgan fingerprint density at radius 2 is 2.00 bits per heavy atom. The molecule has 0 bridgehead atoms. The molecule has 1 aromatic heterocycles. The van der Waals surface area contributed by atoms with Gasteiger partial charge in [-0.15, -0.1) is 0 Å². The summed E-state index contributed by atoms with van der Waals surface area (Å²) in [5.41, 5.74) is 0.495. The number of sulfonamides is 1. The number of ether oxygens (including phenoxy) is 1. The van der Waals surface area contributed by atoms with Gasteiger partial charge < -0.3 is 9.72 Å². The van der Waals surface area contributed by atoms with E-state index in [0.717, 1.165) is 19.4 Å². The number of nitrogens with one attached hydrogen (secondary N) is 1. The number of aromatic amines is 1. The summed E-state index contributed by atoms with van der Waals surface area (Å²) < 4.78 is 30.6. The number of rotatable bonds is 3. The number of nitrogens with zero attached hydrogens (tertiary/aromatic N) is 3. The Morgan fingerprint density at radius 3 is 2.62 bits per heavy atom. The summed E-state index contributed by atoms with van der Waals surface area (Å²) in [6.07, 6.45) is 2.69. The van der Waals surface area contributed by atoms with E-state index in [0.29, 0.717) is 43.8 Å². The van der Waals surface area contributed by atoms with Crippen LogP contribution in [0, 0.1) is 6.92 Å². The number of aromatic nitrogens is 2. The average molecular weight is 356 g/mol. The molecule has 8 nitrogen and oxygen atoms in total. The molecule has 2 fully saturated rings. The third-order valence-electron chi connectivity index (χ3n) is 4.72. The first-order valence-corrected chi connectivity index (χ1v) is 10.1. The molecule has 0 spiro atoms. The summed E-state index contributed by atoms with van der Waals surface area (Å²) in [6.45, 7) is 4.97. The van der Waals surface area contributed by atoms with E-state index in [1.54, 1.807) is 11.2 Å². The summed E-state index contributed by atoms with van der Waals surface area (Å²) in [6, 6.07) is 1.84. The van der Waals surface area contributed by atoms with Gasteiger partial charge in [-0.1, -0.05) is 0 Å². The van der Waals surface area contributed by atoms with Gasteiger partial charge in [0, 0.05) is 38.3 Å². The van der Waals surface area contributed by atoms with Crippen molar-refractivity contribution < 1.29 is 13.2 Å². The van der Waals surface area contributed by atoms with Crippen LogP contribution in [0.25, 0.3) is 0 Å². The Morgan fingerprint density at radius 1 is 1.29 bits per heavy atom. The summed E-state index contributed by atoms with van der Waals surface area (Å²) in [5, 5.41) is 0. The largest absolute Gasteiger partial charge is 0.369 e. The van der Waals surface area contributed by atoms with Crippen LogP contribution in [0.3, 0.4) is 0 Å². The summed E-state index contributed by atoms with van der Waals surface area (Å²) in [7, 11) is -3.10. The number of morpholine rings is 1. The van der Waals surface area contributed by atoms with Gasteiger partial charge in [0.15, 0.2) is 0 Å². The molecule has 0 radical (unpaired) electrons. The van der Waals surface area contributed by atoms with Crippen LogP contribution in [0.4, 0.5) is 0 Å². The molecule has 1 atom stereocenters. The second-order valence-corrected chi connectivity index (χ2v) is 8.49. The lowest BCUT2D eigenvalue weighted by molar-refractivity contribution is -0.0529. The number of H-pyrrole nitrogens is 1. The van der Waals surface area contributed by atoms with Gasteiger partial charge in [-0.05, 0) is 19.8 Å². The summed E-state index contributed by atoms with van der Waals surface area (Å²) >= 11 is 0. The van der Waals surface area contributed by atoms with Gasteiger partial charge in [-0.3, -0.25) is 9.69 Å². The van der Waals surface area contributed by atoms with Crippen LogP contribution in [0.2, 0.25) is 0 Å². The van der Waals surface area contributed by atoms with Crippen molar-refractivity contribution in [2.75, 3.05) is 39.0 Å². The number of aryl methyl sites for hydroxylation is 1. The molecule has 9 heteroatoms. The third-order valence-corrected chi connectivity index (χ3v) is 6.02. The predicted octanol–water partition coefficient (Wildman–Crippen LogP) is -0.124. The highest BCUT2D eigenvalue weighted by Crippen LogP contribution is 2.25. The van der Waals surface area contributed by atoms with Gasteiger partial charge in [0.1, 0.15) is 11.9 Å². The first kappa shape index (κ1) is 17.5. The molecule has 1 N–H and O–H groups in total. The lowest BCUT2D eigenvalue weighted by atomic mass is 10.0. The van der Waals surface area contributed by atoms with E-state index in [2.05, 4.69) is 14.9 Å². The third kappa shape index (κ3) is 4.02. The average Bonchev–Trinajstić information content (AvgIpc) is 2.53. The first-order valence-electron chi connectivity index (χ1n) is 8.21. The maximum atomic E-state index is 11.6. The number of hydrogen-bond acceptors (Lipinski definition) is 6. The van der Waals surface area contributed by atoms with E-state index >= 15 is 0 Å². The van der Waals surface area contributed by atoms with Crippen LogP contribution in [-0.2, 0) is 14.8 Å². The molecule has 2 saturated heterocycles. The molecule has 0 amide bonds. The van der Waals surface area contributed by atoms with E-state index in [-0.39, 0.29) is 11.7 Å². The molecular formula is C15H24N4O4S. The fourth-order valence-electron chi connectivity index (χ4n) is 3.49. The minimum absolute atomic E-state index is 0.167. The van der Waals surface area contributed by atoms with Crippen LogP contribution < -0.4 is 5.56 Å². The lowest BCUT2D eigenvalue weighted by Crippen LogP contribution is -2.50. The Labute approximate surface area is 141 Å². The van der Waals surface area contributed by atoms with Crippen LogP contribution in [0.5, 0.6) is 0 Å². The highest BCUT2D eigenvalue weighted by atomic mass is 32.2. The highest BCUT2D eigenvalue weighted by Gasteiger charge is 2.32. The number of hydrogen-bond donors (Lipinski definition) is 1. The lowest BCUT2D eigenvalue weighted by Gasteiger charge is -2.41. The second-order valence-electron chi connectivity index (χ2n) is 6.50. The molecule has 134 valence electrons. The van der Waals surface area contributed by atoms with Gasteiger partial charge in [0.05, 0.1) is 18.6 Å². The molecular weight excluding hydrogens is 332 g/mol. The van der Waals surface area contributed by atoms with Gasteiger partial charge in [0.25, 0.3) is 5.56 Å². The molecule has 3 rings (SSSR count). The molecule has 2 aliphatic rings. The topological polar surface area (TPSA) is 95.6 Å². The van der Waals surface area contributed by atoms with Gasteiger partial charge in [-0.25, -0.2) is 17.7 Å². The Balaban J connectivity index is 1.65. The van der Waals surface area contributed by atoms with Crippen molar-refractivity contribution in [2.24, 2.45) is 0 Å². The van der Waals surface area contributed by atoms with Crippen LogP contribution in [-0.4, -0.2) is 72.7 Å². The SMILES string of the molecule is Cc1nc(C2CN(C3CCN(S(C)(=O)=O)CC3)CCO2)cc(=O)[nH]1. The second kappa shape index (κ2) is 6.91. The van der Waals surface area contributed by atoms with Crippen molar-refractivity contribution >= 4 is 10.0 Å². The van der Waals surface area contributed by atoms with Crippen LogP contribution in [0.15, 0.2) is 10.9 Å². The summed E-state index contributed by atoms with van der Waals surface area (Å²) in [4.78, 5) is 21.0. The maximum Gasteiger partial charge on any atom is 0.251 e. The maximum absolute atomic E-state index is 11.6. The molecule has 0 saturated carbocycles. The van der Waals surface area contributed by atoms with Gasteiger partial charge in [-0.2, -0.15) is 0 Å². The zero-order chi connectivity index (χ0) is 17.3. The summed E-state index contributed by atoms with van der Waals surface area (Å²) in [5.74, 6) is 0.583. The van der Waals surface area contributed by atoms with E-state index in [1.807, 2.05) is 0 Å². The Bertz CT molecular complexity index is 740. The molecule has 1 aromatic rings. The minimum Gasteiger partial charge on any atom is -0.369 e. The molecule has 24 heavy (non-hydrogen) atoms. The predicted molar refractivity (Wildman–Crippen MR) is 89.3 cm³/mol. The quantitative estimate of drug-likeness (QED) is 0.811. The van der Waals surface area contributed by atoms with Crippen LogP contribution in [0.1, 0.15) is 30.5 Å². The first-order chi connectivity index (χ1) is 11.3. The van der Waals surface area contributed by atoms with Crippen molar-refractivity contribution in [3.8, 4) is 0 Å². The van der Waals surface area contributed by atoms with Crippen molar-refractivity contribution in [1.82, 2.24) is 19.2 Å². The Kier molecular flexibility index (Phi) is 5.05. The fraction of sp³-hybridized carbons (Fsp3) is 0.733. The number of piperidine rings is 1. The van der Waals surface area contributed by atoms with E-state index in [1.165, 1.54) is 12.3 Å². The normalized spacial score (nSPS) is 25.0.